The number of hydrogen-bond donors (Lipinski definition) is 3. The van der Waals surface area contributed by atoms with Crippen molar-refractivity contribution in [3.63, 3.8) is 0 Å². The number of H-pyrrole nitrogens is 1. The van der Waals surface area contributed by atoms with Gasteiger partial charge in [0.15, 0.2) is 11.5 Å². The van der Waals surface area contributed by atoms with Gasteiger partial charge in [-0.25, -0.2) is 4.98 Å². The maximum atomic E-state index is 13.1. The topological polar surface area (TPSA) is 137 Å². The van der Waals surface area contributed by atoms with Crippen molar-refractivity contribution in [3.05, 3.63) is 71.3 Å². The van der Waals surface area contributed by atoms with Gasteiger partial charge in [0, 0.05) is 27.9 Å². The zero-order valence-electron chi connectivity index (χ0n) is 17.8. The number of rotatable bonds is 7. The van der Waals surface area contributed by atoms with Crippen LogP contribution < -0.4 is 10.6 Å². The summed E-state index contributed by atoms with van der Waals surface area (Å²) in [4.78, 5) is 30.5. The van der Waals surface area contributed by atoms with Crippen molar-refractivity contribution < 1.29 is 14.0 Å². The van der Waals surface area contributed by atoms with Crippen molar-refractivity contribution in [3.8, 4) is 17.2 Å². The van der Waals surface area contributed by atoms with Crippen LogP contribution in [0.4, 0.5) is 0 Å². The Kier molecular flexibility index (Phi) is 5.51. The lowest BCUT2D eigenvalue weighted by Gasteiger charge is -2.19. The number of carbonyl (C=O) groups excluding carboxylic acids is 2. The van der Waals surface area contributed by atoms with Gasteiger partial charge in [0.2, 0.25) is 5.91 Å². The number of halogens is 1. The molecule has 1 saturated carbocycles. The second kappa shape index (κ2) is 8.65. The molecule has 1 aliphatic rings. The minimum absolute atomic E-state index is 0.000839. The number of amides is 2. The number of hydrogen-bond acceptors (Lipinski definition) is 6. The van der Waals surface area contributed by atoms with Crippen molar-refractivity contribution in [1.29, 1.82) is 5.26 Å². The lowest BCUT2D eigenvalue weighted by atomic mass is 10.1. The molecule has 0 spiro atoms. The number of carbonyl (C=O) groups is 2. The summed E-state index contributed by atoms with van der Waals surface area (Å²) in [6.07, 6.45) is 4.57. The summed E-state index contributed by atoms with van der Waals surface area (Å²) in [6.45, 7) is 0. The average molecular weight is 475 g/mol. The molecule has 0 unspecified atom stereocenters. The van der Waals surface area contributed by atoms with Crippen LogP contribution in [0.25, 0.3) is 22.2 Å². The molecule has 1 atom stereocenters. The Morgan fingerprint density at radius 3 is 2.79 bits per heavy atom. The Morgan fingerprint density at radius 2 is 2.09 bits per heavy atom. The Bertz CT molecular complexity index is 1420. The molecule has 1 aliphatic carbocycles. The molecular weight excluding hydrogens is 456 g/mol. The van der Waals surface area contributed by atoms with Gasteiger partial charge >= 0.3 is 0 Å². The molecular formula is C24H19ClN6O3. The first-order valence-electron chi connectivity index (χ1n) is 10.6. The van der Waals surface area contributed by atoms with Crippen LogP contribution >= 0.6 is 11.6 Å². The molecule has 9 nitrogen and oxygen atoms in total. The van der Waals surface area contributed by atoms with E-state index in [2.05, 4.69) is 31.9 Å². The van der Waals surface area contributed by atoms with E-state index in [-0.39, 0.29) is 12.3 Å². The van der Waals surface area contributed by atoms with E-state index in [0.717, 1.165) is 11.1 Å². The number of nitrogens with one attached hydrogen (secondary N) is 3. The summed E-state index contributed by atoms with van der Waals surface area (Å²) in [5, 5.41) is 22.0. The molecule has 2 aromatic carbocycles. The van der Waals surface area contributed by atoms with Crippen LogP contribution in [0.2, 0.25) is 5.02 Å². The van der Waals surface area contributed by atoms with Gasteiger partial charge in [-0.1, -0.05) is 29.8 Å². The maximum Gasteiger partial charge on any atom is 0.251 e. The number of benzene rings is 2. The fourth-order valence-electron chi connectivity index (χ4n) is 3.68. The van der Waals surface area contributed by atoms with Crippen LogP contribution in [-0.4, -0.2) is 38.6 Å². The predicted molar refractivity (Wildman–Crippen MR) is 124 cm³/mol. The minimum atomic E-state index is -1.01. The van der Waals surface area contributed by atoms with Gasteiger partial charge in [-0.2, -0.15) is 10.4 Å². The Balaban J connectivity index is 1.43. The Hall–Kier alpha value is -4.16. The smallest absolute Gasteiger partial charge is 0.251 e. The number of nitrogens with zero attached hydrogens (tertiary/aromatic N) is 3. The summed E-state index contributed by atoms with van der Waals surface area (Å²) < 4.78 is 5.91. The molecule has 0 bridgehead atoms. The van der Waals surface area contributed by atoms with Crippen molar-refractivity contribution in [2.24, 2.45) is 0 Å². The van der Waals surface area contributed by atoms with Gasteiger partial charge < -0.3 is 15.1 Å². The largest absolute Gasteiger partial charge is 0.441 e. The molecule has 2 heterocycles. The number of aromatic amines is 1. The molecule has 0 radical (unpaired) electrons. The van der Waals surface area contributed by atoms with E-state index in [9.17, 15) is 14.9 Å². The summed E-state index contributed by atoms with van der Waals surface area (Å²) >= 11 is 6.01. The molecule has 3 N–H and O–H groups in total. The van der Waals surface area contributed by atoms with Crippen LogP contribution in [0.5, 0.6) is 0 Å². The maximum absolute atomic E-state index is 13.1. The fraction of sp³-hybridized carbons (Fsp3) is 0.208. The third-order valence-electron chi connectivity index (χ3n) is 5.69. The normalized spacial score (nSPS) is 14.8. The molecule has 2 aromatic heterocycles. The highest BCUT2D eigenvalue weighted by atomic mass is 35.5. The summed E-state index contributed by atoms with van der Waals surface area (Å²) in [5.74, 6) is -0.675. The molecule has 4 aromatic rings. The lowest BCUT2D eigenvalue weighted by molar-refractivity contribution is -0.123. The first-order chi connectivity index (χ1) is 16.5. The second-order valence-electron chi connectivity index (χ2n) is 8.17. The van der Waals surface area contributed by atoms with Gasteiger partial charge in [-0.3, -0.25) is 14.7 Å². The third-order valence-corrected chi connectivity index (χ3v) is 5.92. The van der Waals surface area contributed by atoms with Crippen molar-refractivity contribution in [2.75, 3.05) is 0 Å². The molecule has 1 fully saturated rings. The number of fused-ring (bicyclic) bond motifs is 1. The fourth-order valence-corrected chi connectivity index (χ4v) is 3.87. The van der Waals surface area contributed by atoms with E-state index in [0.29, 0.717) is 34.5 Å². The van der Waals surface area contributed by atoms with Crippen LogP contribution in [-0.2, 0) is 11.2 Å². The minimum Gasteiger partial charge on any atom is -0.441 e. The van der Waals surface area contributed by atoms with E-state index in [4.69, 9.17) is 16.0 Å². The van der Waals surface area contributed by atoms with E-state index in [1.807, 2.05) is 12.1 Å². The van der Waals surface area contributed by atoms with Crippen LogP contribution in [0.3, 0.4) is 0 Å². The van der Waals surface area contributed by atoms with Gasteiger partial charge in [-0.05, 0) is 37.1 Å². The highest BCUT2D eigenvalue weighted by molar-refractivity contribution is 6.31. The van der Waals surface area contributed by atoms with Crippen molar-refractivity contribution >= 4 is 34.5 Å². The molecule has 10 heteroatoms. The number of nitriles is 1. The average Bonchev–Trinajstić information content (AvgIpc) is 3.21. The molecule has 0 saturated heterocycles. The van der Waals surface area contributed by atoms with Gasteiger partial charge in [0.1, 0.15) is 17.1 Å². The van der Waals surface area contributed by atoms with Gasteiger partial charge in [0.05, 0.1) is 18.7 Å². The first-order valence-corrected chi connectivity index (χ1v) is 11.0. The zero-order valence-corrected chi connectivity index (χ0v) is 18.6. The summed E-state index contributed by atoms with van der Waals surface area (Å²) in [7, 11) is 0. The third kappa shape index (κ3) is 4.36. The van der Waals surface area contributed by atoms with Crippen molar-refractivity contribution in [1.82, 2.24) is 25.8 Å². The van der Waals surface area contributed by atoms with E-state index < -0.39 is 23.4 Å². The Labute approximate surface area is 199 Å². The van der Waals surface area contributed by atoms with E-state index in [1.54, 1.807) is 36.7 Å². The number of oxazole rings is 1. The second-order valence-corrected chi connectivity index (χ2v) is 8.61. The quantitative estimate of drug-likeness (QED) is 0.375. The summed E-state index contributed by atoms with van der Waals surface area (Å²) in [5.41, 5.74) is 2.27. The monoisotopic (exact) mass is 474 g/mol. The SMILES string of the molecule is N#CC1(NC(=O)[C@H](Cc2nc3c(-c4cn[nH]c4)cccc3o2)NC(=O)c2cccc(Cl)c2)CC1. The molecule has 5 rings (SSSR count). The van der Waals surface area contributed by atoms with Gasteiger partial charge in [-0.15, -0.1) is 0 Å². The van der Waals surface area contributed by atoms with Crippen LogP contribution in [0.15, 0.2) is 59.3 Å². The molecule has 34 heavy (non-hydrogen) atoms. The van der Waals surface area contributed by atoms with E-state index >= 15 is 0 Å². The van der Waals surface area contributed by atoms with Crippen LogP contribution in [0.1, 0.15) is 29.1 Å². The van der Waals surface area contributed by atoms with Gasteiger partial charge in [0.25, 0.3) is 5.91 Å². The zero-order chi connectivity index (χ0) is 23.7. The Morgan fingerprint density at radius 1 is 1.26 bits per heavy atom. The highest BCUT2D eigenvalue weighted by Crippen LogP contribution is 2.34. The first kappa shape index (κ1) is 21.7. The molecule has 170 valence electrons. The standard InChI is InChI=1S/C24H19ClN6O3/c25-16-4-1-3-14(9-16)22(32)29-18(23(33)31-24(13-26)7-8-24)10-20-30-21-17(15-11-27-28-12-15)5-2-6-19(21)34-20/h1-6,9,11-12,18H,7-8,10H2,(H,27,28)(H,29,32)(H,31,33)/t18-/m0/s1. The lowest BCUT2D eigenvalue weighted by Crippen LogP contribution is -2.51. The molecule has 0 aliphatic heterocycles. The van der Waals surface area contributed by atoms with Crippen molar-refractivity contribution in [2.45, 2.75) is 30.8 Å². The number of aromatic nitrogens is 3. The number of para-hydroxylation sites is 1. The predicted octanol–water partition coefficient (Wildman–Crippen LogP) is 3.38. The van der Waals surface area contributed by atoms with E-state index in [1.165, 1.54) is 6.07 Å². The molecule has 2 amide bonds. The highest BCUT2D eigenvalue weighted by Gasteiger charge is 2.46. The van der Waals surface area contributed by atoms with Crippen LogP contribution in [0, 0.1) is 11.3 Å². The summed E-state index contributed by atoms with van der Waals surface area (Å²) in [6, 6.07) is 13.1.